The molecule has 2 aliphatic heterocycles. The molecule has 0 aromatic heterocycles. The van der Waals surface area contributed by atoms with Gasteiger partial charge in [0.1, 0.15) is 0 Å². The summed E-state index contributed by atoms with van der Waals surface area (Å²) in [7, 11) is -2.86. The summed E-state index contributed by atoms with van der Waals surface area (Å²) < 4.78 is 28.2. The van der Waals surface area contributed by atoms with Crippen molar-refractivity contribution in [2.24, 2.45) is 5.73 Å². The maximum Gasteiger partial charge on any atom is 0.153 e. The Hall–Kier alpha value is -0.130. The molecule has 0 aromatic carbocycles. The summed E-state index contributed by atoms with van der Waals surface area (Å²) in [6.07, 6.45) is 2.18. The third-order valence-electron chi connectivity index (χ3n) is 2.88. The summed E-state index contributed by atoms with van der Waals surface area (Å²) in [6, 6.07) is 0.113. The van der Waals surface area contributed by atoms with Crippen molar-refractivity contribution >= 4 is 9.84 Å². The lowest BCUT2D eigenvalue weighted by Crippen LogP contribution is -2.45. The van der Waals surface area contributed by atoms with E-state index in [0.717, 1.165) is 6.42 Å². The number of ether oxygens (including phenoxy) is 1. The largest absolute Gasteiger partial charge is 0.374 e. The van der Waals surface area contributed by atoms with Crippen LogP contribution in [0.4, 0.5) is 0 Å². The van der Waals surface area contributed by atoms with E-state index < -0.39 is 15.4 Å². The normalized spacial score (nSPS) is 43.9. The van der Waals surface area contributed by atoms with Crippen molar-refractivity contribution in [3.8, 4) is 0 Å². The zero-order valence-electron chi connectivity index (χ0n) is 7.53. The molecule has 0 unspecified atom stereocenters. The second-order valence-electron chi connectivity index (χ2n) is 4.13. The van der Waals surface area contributed by atoms with E-state index in [9.17, 15) is 8.42 Å². The maximum absolute atomic E-state index is 11.3. The van der Waals surface area contributed by atoms with Crippen LogP contribution >= 0.6 is 0 Å². The lowest BCUT2D eigenvalue weighted by atomic mass is 9.90. The molecule has 0 radical (unpaired) electrons. The second-order valence-corrected chi connectivity index (χ2v) is 6.31. The van der Waals surface area contributed by atoms with E-state index in [0.29, 0.717) is 19.4 Å². The van der Waals surface area contributed by atoms with E-state index in [1.165, 1.54) is 0 Å². The maximum atomic E-state index is 11.3. The third kappa shape index (κ3) is 1.87. The zero-order valence-corrected chi connectivity index (χ0v) is 8.35. The Morgan fingerprint density at radius 3 is 2.77 bits per heavy atom. The first-order valence-corrected chi connectivity index (χ1v) is 6.44. The van der Waals surface area contributed by atoms with Gasteiger partial charge in [-0.25, -0.2) is 8.42 Å². The van der Waals surface area contributed by atoms with Gasteiger partial charge < -0.3 is 10.5 Å². The molecule has 0 saturated carbocycles. The van der Waals surface area contributed by atoms with Crippen LogP contribution in [-0.4, -0.2) is 38.2 Å². The minimum Gasteiger partial charge on any atom is -0.374 e. The quantitative estimate of drug-likeness (QED) is 0.588. The van der Waals surface area contributed by atoms with Gasteiger partial charge in [-0.2, -0.15) is 0 Å². The van der Waals surface area contributed by atoms with E-state index >= 15 is 0 Å². The molecule has 2 aliphatic rings. The lowest BCUT2D eigenvalue weighted by Gasteiger charge is -2.35. The molecule has 1 spiro atoms. The Kier molecular flexibility index (Phi) is 2.13. The van der Waals surface area contributed by atoms with E-state index in [-0.39, 0.29) is 17.5 Å². The molecule has 2 heterocycles. The Morgan fingerprint density at radius 2 is 2.23 bits per heavy atom. The van der Waals surface area contributed by atoms with Gasteiger partial charge in [0.2, 0.25) is 0 Å². The average molecular weight is 205 g/mol. The first-order chi connectivity index (χ1) is 6.02. The van der Waals surface area contributed by atoms with Crippen molar-refractivity contribution in [3.05, 3.63) is 0 Å². The molecular weight excluding hydrogens is 190 g/mol. The van der Waals surface area contributed by atoms with Crippen LogP contribution in [0.25, 0.3) is 0 Å². The van der Waals surface area contributed by atoms with Gasteiger partial charge in [0.25, 0.3) is 0 Å². The molecule has 4 nitrogen and oxygen atoms in total. The number of hydrogen-bond acceptors (Lipinski definition) is 4. The van der Waals surface area contributed by atoms with Gasteiger partial charge in [0, 0.05) is 12.6 Å². The Bertz CT molecular complexity index is 301. The summed E-state index contributed by atoms with van der Waals surface area (Å²) >= 11 is 0. The fourth-order valence-electron chi connectivity index (χ4n) is 2.23. The molecule has 2 fully saturated rings. The number of rotatable bonds is 0. The molecule has 5 heteroatoms. The highest BCUT2D eigenvalue weighted by Crippen LogP contribution is 2.34. The summed E-state index contributed by atoms with van der Waals surface area (Å²) in [5, 5.41) is 0. The summed E-state index contributed by atoms with van der Waals surface area (Å²) in [5.74, 6) is 0.438. The Balaban J connectivity index is 2.14. The van der Waals surface area contributed by atoms with Gasteiger partial charge in [-0.05, 0) is 19.3 Å². The molecule has 13 heavy (non-hydrogen) atoms. The minimum atomic E-state index is -2.86. The second kappa shape index (κ2) is 2.93. The van der Waals surface area contributed by atoms with Crippen LogP contribution in [0, 0.1) is 0 Å². The fraction of sp³-hybridized carbons (Fsp3) is 1.00. The van der Waals surface area contributed by atoms with Crippen molar-refractivity contribution in [2.45, 2.75) is 30.9 Å². The fourth-order valence-corrected chi connectivity index (χ4v) is 4.20. The predicted molar refractivity (Wildman–Crippen MR) is 49.2 cm³/mol. The molecular formula is C8H15NO3S. The van der Waals surface area contributed by atoms with Crippen LogP contribution < -0.4 is 5.73 Å². The molecule has 76 valence electrons. The van der Waals surface area contributed by atoms with Crippen molar-refractivity contribution in [2.75, 3.05) is 18.1 Å². The molecule has 2 N–H and O–H groups in total. The topological polar surface area (TPSA) is 69.4 Å². The summed E-state index contributed by atoms with van der Waals surface area (Å²) in [4.78, 5) is 0. The molecule has 0 amide bonds. The van der Waals surface area contributed by atoms with Crippen molar-refractivity contribution in [1.82, 2.24) is 0 Å². The smallest absolute Gasteiger partial charge is 0.153 e. The molecule has 2 rings (SSSR count). The Labute approximate surface area is 78.4 Å². The highest BCUT2D eigenvalue weighted by molar-refractivity contribution is 7.91. The standard InChI is InChI=1S/C8H15NO3S/c9-7-1-3-12-8(5-7)2-4-13(10,11)6-8/h7H,1-6,9H2/t7-,8+/m0/s1. The van der Waals surface area contributed by atoms with Crippen molar-refractivity contribution < 1.29 is 13.2 Å². The molecule has 0 aromatic rings. The van der Waals surface area contributed by atoms with Crippen LogP contribution in [0.3, 0.4) is 0 Å². The highest BCUT2D eigenvalue weighted by Gasteiger charge is 2.45. The van der Waals surface area contributed by atoms with Crippen LogP contribution in [0.5, 0.6) is 0 Å². The van der Waals surface area contributed by atoms with Gasteiger partial charge in [0.15, 0.2) is 9.84 Å². The minimum absolute atomic E-state index is 0.113. The van der Waals surface area contributed by atoms with Gasteiger partial charge >= 0.3 is 0 Å². The van der Waals surface area contributed by atoms with Crippen LogP contribution in [0.15, 0.2) is 0 Å². The predicted octanol–water partition coefficient (Wildman–Crippen LogP) is -0.319. The highest BCUT2D eigenvalue weighted by atomic mass is 32.2. The van der Waals surface area contributed by atoms with Crippen molar-refractivity contribution in [1.29, 1.82) is 0 Å². The molecule has 0 bridgehead atoms. The first kappa shape index (κ1) is 9.43. The van der Waals surface area contributed by atoms with Gasteiger partial charge in [-0.15, -0.1) is 0 Å². The SMILES string of the molecule is N[C@H]1CCO[C@]2(CCS(=O)(=O)C2)C1. The number of nitrogens with two attached hydrogens (primary N) is 1. The molecule has 2 atom stereocenters. The van der Waals surface area contributed by atoms with Gasteiger partial charge in [-0.1, -0.05) is 0 Å². The van der Waals surface area contributed by atoms with Crippen molar-refractivity contribution in [3.63, 3.8) is 0 Å². The average Bonchev–Trinajstić information content (AvgIpc) is 2.26. The zero-order chi connectivity index (χ0) is 9.53. The first-order valence-electron chi connectivity index (χ1n) is 4.61. The number of hydrogen-bond donors (Lipinski definition) is 1. The molecule has 2 saturated heterocycles. The molecule has 0 aliphatic carbocycles. The lowest BCUT2D eigenvalue weighted by molar-refractivity contribution is -0.0656. The van der Waals surface area contributed by atoms with E-state index in [1.807, 2.05) is 0 Å². The summed E-state index contributed by atoms with van der Waals surface area (Å²) in [5.41, 5.74) is 5.37. The van der Waals surface area contributed by atoms with Gasteiger partial charge in [0.05, 0.1) is 17.1 Å². The third-order valence-corrected chi connectivity index (χ3v) is 4.67. The Morgan fingerprint density at radius 1 is 1.46 bits per heavy atom. The van der Waals surface area contributed by atoms with Crippen LogP contribution in [0.1, 0.15) is 19.3 Å². The van der Waals surface area contributed by atoms with E-state index in [1.54, 1.807) is 0 Å². The van der Waals surface area contributed by atoms with E-state index in [2.05, 4.69) is 0 Å². The number of sulfone groups is 1. The van der Waals surface area contributed by atoms with E-state index in [4.69, 9.17) is 10.5 Å². The summed E-state index contributed by atoms with van der Waals surface area (Å²) in [6.45, 7) is 0.608. The van der Waals surface area contributed by atoms with Crippen LogP contribution in [0.2, 0.25) is 0 Å². The van der Waals surface area contributed by atoms with Crippen LogP contribution in [-0.2, 0) is 14.6 Å². The monoisotopic (exact) mass is 205 g/mol. The van der Waals surface area contributed by atoms with Gasteiger partial charge in [-0.3, -0.25) is 0 Å².